The lowest BCUT2D eigenvalue weighted by Crippen LogP contribution is -2.24. The molecule has 0 bridgehead atoms. The maximum absolute atomic E-state index is 13.0. The Morgan fingerprint density at radius 2 is 2.00 bits per heavy atom. The standard InChI is InChI=1S/C17H21FN2O/c1-3-8-20-17(9-13-4-6-15(18)7-5-13)14-10-16(21-2)12-19-11-14/h4-7,10-12,17,20H,3,8-9H2,1-2H3. The van der Waals surface area contributed by atoms with Gasteiger partial charge in [-0.25, -0.2) is 4.39 Å². The summed E-state index contributed by atoms with van der Waals surface area (Å²) in [5.41, 5.74) is 2.17. The number of hydrogen-bond donors (Lipinski definition) is 1. The molecule has 4 heteroatoms. The van der Waals surface area contributed by atoms with Crippen LogP contribution in [0.4, 0.5) is 4.39 Å². The van der Waals surface area contributed by atoms with E-state index in [-0.39, 0.29) is 11.9 Å². The van der Waals surface area contributed by atoms with Crippen LogP contribution in [-0.4, -0.2) is 18.6 Å². The van der Waals surface area contributed by atoms with Crippen molar-refractivity contribution in [1.29, 1.82) is 0 Å². The molecule has 1 aromatic carbocycles. The Labute approximate surface area is 125 Å². The Hall–Kier alpha value is -1.94. The van der Waals surface area contributed by atoms with Gasteiger partial charge >= 0.3 is 0 Å². The van der Waals surface area contributed by atoms with E-state index in [0.717, 1.165) is 36.3 Å². The van der Waals surface area contributed by atoms with Gasteiger partial charge in [0.2, 0.25) is 0 Å². The van der Waals surface area contributed by atoms with E-state index in [1.807, 2.05) is 24.4 Å². The van der Waals surface area contributed by atoms with Gasteiger partial charge in [-0.05, 0) is 48.7 Å². The number of pyridine rings is 1. The third-order valence-electron chi connectivity index (χ3n) is 3.37. The summed E-state index contributed by atoms with van der Waals surface area (Å²) in [5.74, 6) is 0.537. The van der Waals surface area contributed by atoms with Gasteiger partial charge in [0, 0.05) is 12.2 Å². The lowest BCUT2D eigenvalue weighted by molar-refractivity contribution is 0.410. The number of aromatic nitrogens is 1. The SMILES string of the molecule is CCCNC(Cc1ccc(F)cc1)c1cncc(OC)c1. The zero-order valence-electron chi connectivity index (χ0n) is 12.5. The van der Waals surface area contributed by atoms with Crippen LogP contribution in [0.1, 0.15) is 30.5 Å². The number of methoxy groups -OCH3 is 1. The van der Waals surface area contributed by atoms with Gasteiger partial charge in [-0.3, -0.25) is 4.98 Å². The van der Waals surface area contributed by atoms with Crippen molar-refractivity contribution in [1.82, 2.24) is 10.3 Å². The van der Waals surface area contributed by atoms with E-state index in [4.69, 9.17) is 4.74 Å². The molecule has 0 fully saturated rings. The minimum Gasteiger partial charge on any atom is -0.495 e. The fourth-order valence-corrected chi connectivity index (χ4v) is 2.22. The summed E-state index contributed by atoms with van der Waals surface area (Å²) >= 11 is 0. The zero-order chi connectivity index (χ0) is 15.1. The molecule has 0 amide bonds. The van der Waals surface area contributed by atoms with E-state index in [1.165, 1.54) is 12.1 Å². The van der Waals surface area contributed by atoms with Crippen molar-refractivity contribution in [2.75, 3.05) is 13.7 Å². The van der Waals surface area contributed by atoms with E-state index >= 15 is 0 Å². The highest BCUT2D eigenvalue weighted by atomic mass is 19.1. The molecule has 112 valence electrons. The van der Waals surface area contributed by atoms with Crippen molar-refractivity contribution in [2.24, 2.45) is 0 Å². The molecule has 0 saturated heterocycles. The average Bonchev–Trinajstić information content (AvgIpc) is 2.53. The van der Waals surface area contributed by atoms with Gasteiger partial charge in [-0.1, -0.05) is 19.1 Å². The predicted molar refractivity (Wildman–Crippen MR) is 81.9 cm³/mol. The molecule has 0 spiro atoms. The number of ether oxygens (including phenoxy) is 1. The smallest absolute Gasteiger partial charge is 0.137 e. The Morgan fingerprint density at radius 3 is 2.67 bits per heavy atom. The van der Waals surface area contributed by atoms with Crippen LogP contribution in [0, 0.1) is 5.82 Å². The molecular weight excluding hydrogens is 267 g/mol. The average molecular weight is 288 g/mol. The van der Waals surface area contributed by atoms with E-state index in [2.05, 4.69) is 17.2 Å². The second-order valence-corrected chi connectivity index (χ2v) is 5.00. The molecular formula is C17H21FN2O. The van der Waals surface area contributed by atoms with Crippen LogP contribution in [0.5, 0.6) is 5.75 Å². The lowest BCUT2D eigenvalue weighted by Gasteiger charge is -2.19. The maximum atomic E-state index is 13.0. The van der Waals surface area contributed by atoms with Gasteiger partial charge in [-0.15, -0.1) is 0 Å². The van der Waals surface area contributed by atoms with Gasteiger partial charge in [0.1, 0.15) is 11.6 Å². The largest absolute Gasteiger partial charge is 0.495 e. The molecule has 2 aromatic rings. The number of halogens is 1. The molecule has 0 aliphatic heterocycles. The normalized spacial score (nSPS) is 12.1. The Balaban J connectivity index is 2.18. The van der Waals surface area contributed by atoms with Crippen molar-refractivity contribution in [2.45, 2.75) is 25.8 Å². The highest BCUT2D eigenvalue weighted by Gasteiger charge is 2.13. The van der Waals surface area contributed by atoms with Gasteiger partial charge in [0.25, 0.3) is 0 Å². The first-order valence-electron chi connectivity index (χ1n) is 7.19. The Bertz CT molecular complexity index is 557. The fourth-order valence-electron chi connectivity index (χ4n) is 2.22. The molecule has 0 aliphatic carbocycles. The second kappa shape index (κ2) is 7.74. The molecule has 0 radical (unpaired) electrons. The number of rotatable bonds is 7. The first kappa shape index (κ1) is 15.4. The summed E-state index contributed by atoms with van der Waals surface area (Å²) in [7, 11) is 1.63. The van der Waals surface area contributed by atoms with Gasteiger partial charge in [0.05, 0.1) is 13.3 Å². The third kappa shape index (κ3) is 4.53. The summed E-state index contributed by atoms with van der Waals surface area (Å²) < 4.78 is 18.2. The monoisotopic (exact) mass is 288 g/mol. The minimum absolute atomic E-state index is 0.137. The van der Waals surface area contributed by atoms with Crippen molar-refractivity contribution < 1.29 is 9.13 Å². The highest BCUT2D eigenvalue weighted by Crippen LogP contribution is 2.21. The zero-order valence-corrected chi connectivity index (χ0v) is 12.5. The quantitative estimate of drug-likeness (QED) is 0.846. The van der Waals surface area contributed by atoms with Crippen molar-refractivity contribution in [3.63, 3.8) is 0 Å². The second-order valence-electron chi connectivity index (χ2n) is 5.00. The molecule has 1 atom stereocenters. The number of hydrogen-bond acceptors (Lipinski definition) is 3. The van der Waals surface area contributed by atoms with Crippen LogP contribution in [-0.2, 0) is 6.42 Å². The first-order valence-corrected chi connectivity index (χ1v) is 7.19. The molecule has 1 N–H and O–H groups in total. The molecule has 0 saturated carbocycles. The van der Waals surface area contributed by atoms with Crippen molar-refractivity contribution in [3.05, 3.63) is 59.7 Å². The number of nitrogens with one attached hydrogen (secondary N) is 1. The first-order chi connectivity index (χ1) is 10.2. The third-order valence-corrected chi connectivity index (χ3v) is 3.37. The van der Waals surface area contributed by atoms with Crippen LogP contribution >= 0.6 is 0 Å². The number of nitrogens with zero attached hydrogens (tertiary/aromatic N) is 1. The van der Waals surface area contributed by atoms with Crippen LogP contribution in [0.15, 0.2) is 42.7 Å². The van der Waals surface area contributed by atoms with Gasteiger partial charge in [0.15, 0.2) is 0 Å². The fraction of sp³-hybridized carbons (Fsp3) is 0.353. The topological polar surface area (TPSA) is 34.2 Å². The molecule has 2 rings (SSSR count). The van der Waals surface area contributed by atoms with E-state index in [0.29, 0.717) is 0 Å². The van der Waals surface area contributed by atoms with Gasteiger partial charge < -0.3 is 10.1 Å². The highest BCUT2D eigenvalue weighted by molar-refractivity contribution is 5.28. The lowest BCUT2D eigenvalue weighted by atomic mass is 10.00. The van der Waals surface area contributed by atoms with Crippen molar-refractivity contribution >= 4 is 0 Å². The molecule has 0 aliphatic rings. The summed E-state index contributed by atoms with van der Waals surface area (Å²) in [4.78, 5) is 4.22. The Kier molecular flexibility index (Phi) is 5.69. The summed E-state index contributed by atoms with van der Waals surface area (Å²) in [6.45, 7) is 3.05. The van der Waals surface area contributed by atoms with Crippen LogP contribution in [0.3, 0.4) is 0 Å². The predicted octanol–water partition coefficient (Wildman–Crippen LogP) is 3.51. The van der Waals surface area contributed by atoms with Crippen molar-refractivity contribution in [3.8, 4) is 5.75 Å². The van der Waals surface area contributed by atoms with Crippen LogP contribution < -0.4 is 10.1 Å². The molecule has 1 aromatic heterocycles. The summed E-state index contributed by atoms with van der Waals surface area (Å²) in [6, 6.07) is 8.77. The maximum Gasteiger partial charge on any atom is 0.137 e. The molecule has 1 unspecified atom stereocenters. The van der Waals surface area contributed by atoms with E-state index in [1.54, 1.807) is 13.3 Å². The number of benzene rings is 1. The molecule has 21 heavy (non-hydrogen) atoms. The summed E-state index contributed by atoms with van der Waals surface area (Å²) in [6.07, 6.45) is 5.38. The minimum atomic E-state index is -0.208. The van der Waals surface area contributed by atoms with Crippen LogP contribution in [0.2, 0.25) is 0 Å². The molecule has 3 nitrogen and oxygen atoms in total. The summed E-state index contributed by atoms with van der Waals surface area (Å²) in [5, 5.41) is 3.51. The molecule has 1 heterocycles. The Morgan fingerprint density at radius 1 is 1.24 bits per heavy atom. The van der Waals surface area contributed by atoms with E-state index < -0.39 is 0 Å². The van der Waals surface area contributed by atoms with E-state index in [9.17, 15) is 4.39 Å². The van der Waals surface area contributed by atoms with Crippen LogP contribution in [0.25, 0.3) is 0 Å². The van der Waals surface area contributed by atoms with Gasteiger partial charge in [-0.2, -0.15) is 0 Å².